The van der Waals surface area contributed by atoms with E-state index in [1.165, 1.54) is 22.2 Å². The highest BCUT2D eigenvalue weighted by Crippen LogP contribution is 2.18. The highest BCUT2D eigenvalue weighted by atomic mass is 32.1. The predicted octanol–water partition coefficient (Wildman–Crippen LogP) is 3.12. The van der Waals surface area contributed by atoms with Gasteiger partial charge >= 0.3 is 0 Å². The number of aryl methyl sites for hydroxylation is 1. The molecule has 0 spiro atoms. The number of allylic oxidation sites excluding steroid dienone is 1. The van der Waals surface area contributed by atoms with Crippen molar-refractivity contribution in [3.8, 4) is 0 Å². The van der Waals surface area contributed by atoms with E-state index < -0.39 is 0 Å². The number of para-hydroxylation sites is 1. The smallest absolute Gasteiger partial charge is 0.273 e. The van der Waals surface area contributed by atoms with Gasteiger partial charge in [-0.15, -0.1) is 6.58 Å². The molecule has 0 unspecified atom stereocenters. The maximum atomic E-state index is 12.6. The molecular formula is C17H16N4O2S2. The molecule has 1 N–H and O–H groups in total. The number of thiazole rings is 1. The average molecular weight is 372 g/mol. The van der Waals surface area contributed by atoms with Crippen molar-refractivity contribution in [3.63, 3.8) is 0 Å². The average Bonchev–Trinajstić information content (AvgIpc) is 2.90. The Hall–Kier alpha value is -2.58. The number of anilines is 1. The van der Waals surface area contributed by atoms with Crippen LogP contribution in [0.2, 0.25) is 0 Å². The maximum Gasteiger partial charge on any atom is 0.273 e. The summed E-state index contributed by atoms with van der Waals surface area (Å²) in [6, 6.07) is 7.47. The van der Waals surface area contributed by atoms with Crippen molar-refractivity contribution in [1.82, 2.24) is 14.1 Å². The minimum absolute atomic E-state index is 0.109. The van der Waals surface area contributed by atoms with Gasteiger partial charge in [0.15, 0.2) is 9.60 Å². The first-order chi connectivity index (χ1) is 12.0. The van der Waals surface area contributed by atoms with Gasteiger partial charge in [0, 0.05) is 12.2 Å². The number of carbonyl (C=O) groups excluding carboxylic acids is 1. The molecule has 0 radical (unpaired) electrons. The van der Waals surface area contributed by atoms with Crippen LogP contribution >= 0.6 is 23.6 Å². The number of nitrogens with zero attached hydrogens (tertiary/aromatic N) is 3. The second-order valence-corrected chi connectivity index (χ2v) is 7.10. The molecule has 3 aromatic rings. The number of hydrogen-bond acceptors (Lipinski definition) is 5. The SMILES string of the molecule is C=CCn1c(=S)sc2c(=O)n(CC(=O)Nc3ccccc3C)cnc21. The second-order valence-electron chi connectivity index (χ2n) is 5.46. The van der Waals surface area contributed by atoms with E-state index in [0.29, 0.717) is 20.8 Å². The molecule has 0 atom stereocenters. The molecule has 1 amide bonds. The Kier molecular flexibility index (Phi) is 4.91. The molecule has 8 heteroatoms. The summed E-state index contributed by atoms with van der Waals surface area (Å²) in [4.78, 5) is 29.2. The van der Waals surface area contributed by atoms with Crippen molar-refractivity contribution < 1.29 is 4.79 Å². The number of amides is 1. The lowest BCUT2D eigenvalue weighted by Gasteiger charge is -2.09. The fourth-order valence-electron chi connectivity index (χ4n) is 2.43. The van der Waals surface area contributed by atoms with Crippen LogP contribution in [0.25, 0.3) is 10.3 Å². The molecule has 0 aliphatic heterocycles. The van der Waals surface area contributed by atoms with Gasteiger partial charge in [-0.05, 0) is 30.8 Å². The minimum atomic E-state index is -0.285. The summed E-state index contributed by atoms with van der Waals surface area (Å²) in [6.07, 6.45) is 3.08. The van der Waals surface area contributed by atoms with Gasteiger partial charge in [-0.1, -0.05) is 35.6 Å². The Morgan fingerprint density at radius 3 is 2.92 bits per heavy atom. The largest absolute Gasteiger partial charge is 0.324 e. The Morgan fingerprint density at radius 2 is 2.20 bits per heavy atom. The number of hydrogen-bond donors (Lipinski definition) is 1. The predicted molar refractivity (Wildman–Crippen MR) is 103 cm³/mol. The van der Waals surface area contributed by atoms with Gasteiger partial charge in [0.05, 0.1) is 0 Å². The highest BCUT2D eigenvalue weighted by molar-refractivity contribution is 7.73. The first-order valence-corrected chi connectivity index (χ1v) is 8.79. The van der Waals surface area contributed by atoms with Crippen molar-refractivity contribution in [1.29, 1.82) is 0 Å². The van der Waals surface area contributed by atoms with Gasteiger partial charge in [-0.3, -0.25) is 14.2 Å². The summed E-state index contributed by atoms with van der Waals surface area (Å²) < 4.78 is 4.04. The van der Waals surface area contributed by atoms with Crippen LogP contribution in [0, 0.1) is 10.9 Å². The van der Waals surface area contributed by atoms with E-state index in [-0.39, 0.29) is 18.0 Å². The van der Waals surface area contributed by atoms with Crippen molar-refractivity contribution >= 4 is 45.5 Å². The lowest BCUT2D eigenvalue weighted by Crippen LogP contribution is -2.27. The quantitative estimate of drug-likeness (QED) is 0.552. The summed E-state index contributed by atoms with van der Waals surface area (Å²) in [7, 11) is 0. The Balaban J connectivity index is 1.89. The monoisotopic (exact) mass is 372 g/mol. The summed E-state index contributed by atoms with van der Waals surface area (Å²) in [5.74, 6) is -0.285. The van der Waals surface area contributed by atoms with E-state index in [2.05, 4.69) is 16.9 Å². The topological polar surface area (TPSA) is 68.9 Å². The van der Waals surface area contributed by atoms with E-state index in [1.807, 2.05) is 31.2 Å². The molecular weight excluding hydrogens is 356 g/mol. The van der Waals surface area contributed by atoms with Crippen LogP contribution in [0.5, 0.6) is 0 Å². The first kappa shape index (κ1) is 17.2. The van der Waals surface area contributed by atoms with Crippen molar-refractivity contribution in [2.24, 2.45) is 0 Å². The van der Waals surface area contributed by atoms with Crippen LogP contribution in [0.1, 0.15) is 5.56 Å². The molecule has 0 aliphatic carbocycles. The van der Waals surface area contributed by atoms with Crippen LogP contribution in [0.3, 0.4) is 0 Å². The van der Waals surface area contributed by atoms with Crippen molar-refractivity contribution in [2.45, 2.75) is 20.0 Å². The molecule has 3 rings (SSSR count). The number of carbonyl (C=O) groups is 1. The molecule has 2 heterocycles. The molecule has 0 saturated heterocycles. The van der Waals surface area contributed by atoms with Crippen molar-refractivity contribution in [3.05, 3.63) is 63.1 Å². The Bertz CT molecular complexity index is 1080. The number of rotatable bonds is 5. The number of fused-ring (bicyclic) bond motifs is 1. The van der Waals surface area contributed by atoms with Gasteiger partial charge < -0.3 is 9.88 Å². The maximum absolute atomic E-state index is 12.6. The van der Waals surface area contributed by atoms with E-state index in [4.69, 9.17) is 12.2 Å². The van der Waals surface area contributed by atoms with Gasteiger partial charge in [0.25, 0.3) is 5.56 Å². The lowest BCUT2D eigenvalue weighted by atomic mass is 10.2. The summed E-state index contributed by atoms with van der Waals surface area (Å²) in [5.41, 5.74) is 1.93. The van der Waals surface area contributed by atoms with E-state index >= 15 is 0 Å². The third kappa shape index (κ3) is 3.45. The molecule has 0 aliphatic rings. The van der Waals surface area contributed by atoms with Crippen LogP contribution in [-0.2, 0) is 17.9 Å². The Morgan fingerprint density at radius 1 is 1.44 bits per heavy atom. The number of aromatic nitrogens is 3. The molecule has 0 saturated carbocycles. The normalized spacial score (nSPS) is 10.8. The first-order valence-electron chi connectivity index (χ1n) is 7.56. The highest BCUT2D eigenvalue weighted by Gasteiger charge is 2.13. The molecule has 25 heavy (non-hydrogen) atoms. The van der Waals surface area contributed by atoms with Crippen LogP contribution < -0.4 is 10.9 Å². The number of nitrogens with one attached hydrogen (secondary N) is 1. The van der Waals surface area contributed by atoms with E-state index in [9.17, 15) is 9.59 Å². The van der Waals surface area contributed by atoms with Gasteiger partial charge in [0.2, 0.25) is 5.91 Å². The Labute approximate surface area is 153 Å². The second kappa shape index (κ2) is 7.12. The third-order valence-electron chi connectivity index (χ3n) is 3.69. The zero-order valence-corrected chi connectivity index (χ0v) is 15.2. The summed E-state index contributed by atoms with van der Waals surface area (Å²) in [5, 5.41) is 2.81. The van der Waals surface area contributed by atoms with Crippen LogP contribution in [0.4, 0.5) is 5.69 Å². The standard InChI is InChI=1S/C17H16N4O2S2/c1-3-8-21-15-14(25-17(21)24)16(23)20(10-18-15)9-13(22)19-12-7-5-4-6-11(12)2/h3-7,10H,1,8-9H2,2H3,(H,19,22). The fraction of sp³-hybridized carbons (Fsp3) is 0.176. The van der Waals surface area contributed by atoms with E-state index in [0.717, 1.165) is 11.3 Å². The summed E-state index contributed by atoms with van der Waals surface area (Å²) in [6.45, 7) is 5.97. The molecule has 0 fully saturated rings. The van der Waals surface area contributed by atoms with Crippen LogP contribution in [-0.4, -0.2) is 20.0 Å². The van der Waals surface area contributed by atoms with E-state index in [1.54, 1.807) is 10.6 Å². The summed E-state index contributed by atoms with van der Waals surface area (Å²) >= 11 is 6.47. The fourth-order valence-corrected chi connectivity index (χ4v) is 3.75. The minimum Gasteiger partial charge on any atom is -0.324 e. The lowest BCUT2D eigenvalue weighted by molar-refractivity contribution is -0.116. The third-order valence-corrected chi connectivity index (χ3v) is 5.11. The van der Waals surface area contributed by atoms with Gasteiger partial charge in [-0.25, -0.2) is 4.98 Å². The van der Waals surface area contributed by atoms with Crippen LogP contribution in [0.15, 0.2) is 48.0 Å². The molecule has 6 nitrogen and oxygen atoms in total. The zero-order chi connectivity index (χ0) is 18.0. The van der Waals surface area contributed by atoms with Gasteiger partial charge in [0.1, 0.15) is 17.6 Å². The van der Waals surface area contributed by atoms with Crippen molar-refractivity contribution in [2.75, 3.05) is 5.32 Å². The number of benzene rings is 1. The van der Waals surface area contributed by atoms with Gasteiger partial charge in [-0.2, -0.15) is 0 Å². The molecule has 0 bridgehead atoms. The molecule has 128 valence electrons. The zero-order valence-electron chi connectivity index (χ0n) is 13.6. The molecule has 1 aromatic carbocycles. The molecule has 2 aromatic heterocycles.